The molecular formula is C15H16F2N2O4S. The van der Waals surface area contributed by atoms with Gasteiger partial charge in [-0.1, -0.05) is 6.07 Å². The molecule has 0 saturated heterocycles. The van der Waals surface area contributed by atoms with Gasteiger partial charge in [-0.3, -0.25) is 4.79 Å². The highest BCUT2D eigenvalue weighted by atomic mass is 32.2. The number of aliphatic hydroxyl groups excluding tert-OH is 1. The minimum absolute atomic E-state index is 0.101. The van der Waals surface area contributed by atoms with Crippen LogP contribution in [-0.4, -0.2) is 30.7 Å². The molecule has 6 nitrogen and oxygen atoms in total. The molecule has 1 aromatic carbocycles. The van der Waals surface area contributed by atoms with Crippen LogP contribution in [0.3, 0.4) is 0 Å². The maximum atomic E-state index is 13.5. The molecule has 1 unspecified atom stereocenters. The number of nitrogens with zero attached hydrogens (tertiary/aromatic N) is 1. The standard InChI is InChI=1S/C15H16F2N2O4S/c16-12-4-5-14(17)11(7-12)10-24(22,23)18-8-13(20)9-19-6-2-1-3-15(19)21/h1-7,13,18,20H,8-10H2. The third-order valence-corrected chi connectivity index (χ3v) is 4.50. The highest BCUT2D eigenvalue weighted by Crippen LogP contribution is 2.12. The number of aliphatic hydroxyl groups is 1. The monoisotopic (exact) mass is 358 g/mol. The van der Waals surface area contributed by atoms with E-state index in [1.807, 2.05) is 0 Å². The Kier molecular flexibility index (Phi) is 5.81. The summed E-state index contributed by atoms with van der Waals surface area (Å²) < 4.78 is 53.7. The van der Waals surface area contributed by atoms with Crippen molar-refractivity contribution in [2.24, 2.45) is 0 Å². The molecule has 0 aliphatic rings. The van der Waals surface area contributed by atoms with E-state index in [4.69, 9.17) is 0 Å². The second kappa shape index (κ2) is 7.65. The molecule has 2 N–H and O–H groups in total. The fourth-order valence-corrected chi connectivity index (χ4v) is 3.21. The zero-order chi connectivity index (χ0) is 17.7. The van der Waals surface area contributed by atoms with E-state index >= 15 is 0 Å². The average Bonchev–Trinajstić information content (AvgIpc) is 2.51. The largest absolute Gasteiger partial charge is 0.390 e. The van der Waals surface area contributed by atoms with Gasteiger partial charge in [0.1, 0.15) is 11.6 Å². The van der Waals surface area contributed by atoms with Gasteiger partial charge in [-0.05, 0) is 24.3 Å². The van der Waals surface area contributed by atoms with Crippen molar-refractivity contribution >= 4 is 10.0 Å². The van der Waals surface area contributed by atoms with E-state index in [-0.39, 0.29) is 24.2 Å². The summed E-state index contributed by atoms with van der Waals surface area (Å²) in [6.07, 6.45) is 0.305. The zero-order valence-corrected chi connectivity index (χ0v) is 13.3. The Labute approximate surface area is 137 Å². The molecule has 1 aromatic heterocycles. The van der Waals surface area contributed by atoms with Gasteiger partial charge >= 0.3 is 0 Å². The summed E-state index contributed by atoms with van der Waals surface area (Å²) in [5.74, 6) is -2.34. The van der Waals surface area contributed by atoms with Crippen molar-refractivity contribution in [2.75, 3.05) is 6.54 Å². The summed E-state index contributed by atoms with van der Waals surface area (Å²) in [6.45, 7) is -0.461. The fourth-order valence-electron chi connectivity index (χ4n) is 2.04. The lowest BCUT2D eigenvalue weighted by atomic mass is 10.2. The van der Waals surface area contributed by atoms with Gasteiger partial charge in [0.25, 0.3) is 5.56 Å². The zero-order valence-electron chi connectivity index (χ0n) is 12.5. The van der Waals surface area contributed by atoms with E-state index in [0.29, 0.717) is 0 Å². The molecule has 9 heteroatoms. The van der Waals surface area contributed by atoms with Gasteiger partial charge in [-0.15, -0.1) is 0 Å². The summed E-state index contributed by atoms with van der Waals surface area (Å²) in [5.41, 5.74) is -0.641. The van der Waals surface area contributed by atoms with Crippen LogP contribution >= 0.6 is 0 Å². The maximum absolute atomic E-state index is 13.5. The van der Waals surface area contributed by atoms with Crippen LogP contribution in [0, 0.1) is 11.6 Å². The normalized spacial score (nSPS) is 13.0. The van der Waals surface area contributed by atoms with Crippen LogP contribution in [0.5, 0.6) is 0 Å². The summed E-state index contributed by atoms with van der Waals surface area (Å²) >= 11 is 0. The van der Waals surface area contributed by atoms with E-state index in [2.05, 4.69) is 4.72 Å². The van der Waals surface area contributed by atoms with Gasteiger partial charge in [0.2, 0.25) is 10.0 Å². The smallest absolute Gasteiger partial charge is 0.250 e. The third kappa shape index (κ3) is 5.22. The van der Waals surface area contributed by atoms with Gasteiger partial charge < -0.3 is 9.67 Å². The highest BCUT2D eigenvalue weighted by molar-refractivity contribution is 7.88. The number of nitrogens with one attached hydrogen (secondary N) is 1. The second-order valence-electron chi connectivity index (χ2n) is 5.19. The topological polar surface area (TPSA) is 88.4 Å². The first-order valence-electron chi connectivity index (χ1n) is 7.01. The lowest BCUT2D eigenvalue weighted by Gasteiger charge is -2.14. The van der Waals surface area contributed by atoms with Crippen LogP contribution in [0.25, 0.3) is 0 Å². The van der Waals surface area contributed by atoms with E-state index in [0.717, 1.165) is 18.2 Å². The molecule has 24 heavy (non-hydrogen) atoms. The Bertz CT molecular complexity index is 868. The number of halogens is 2. The molecule has 2 rings (SSSR count). The summed E-state index contributed by atoms with van der Waals surface area (Å²) in [5, 5.41) is 9.83. The second-order valence-corrected chi connectivity index (χ2v) is 7.00. The molecule has 0 spiro atoms. The van der Waals surface area contributed by atoms with Crippen molar-refractivity contribution in [1.29, 1.82) is 0 Å². The third-order valence-electron chi connectivity index (χ3n) is 3.20. The lowest BCUT2D eigenvalue weighted by Crippen LogP contribution is -2.37. The SMILES string of the molecule is O=c1ccccn1CC(O)CNS(=O)(=O)Cc1cc(F)ccc1F. The number of hydrogen-bond donors (Lipinski definition) is 2. The average molecular weight is 358 g/mol. The number of sulfonamides is 1. The Morgan fingerprint density at radius 1 is 1.21 bits per heavy atom. The number of aromatic nitrogens is 1. The van der Waals surface area contributed by atoms with Crippen molar-refractivity contribution in [1.82, 2.24) is 9.29 Å². The minimum Gasteiger partial charge on any atom is -0.390 e. The van der Waals surface area contributed by atoms with E-state index < -0.39 is 33.5 Å². The quantitative estimate of drug-likeness (QED) is 0.759. The van der Waals surface area contributed by atoms with E-state index in [1.165, 1.54) is 16.8 Å². The van der Waals surface area contributed by atoms with Crippen LogP contribution < -0.4 is 10.3 Å². The molecule has 0 aliphatic carbocycles. The van der Waals surface area contributed by atoms with Crippen molar-refractivity contribution in [2.45, 2.75) is 18.4 Å². The summed E-state index contributed by atoms with van der Waals surface area (Å²) in [4.78, 5) is 11.5. The minimum atomic E-state index is -3.98. The Morgan fingerprint density at radius 2 is 1.96 bits per heavy atom. The van der Waals surface area contributed by atoms with E-state index in [9.17, 15) is 27.1 Å². The van der Waals surface area contributed by atoms with Crippen molar-refractivity contribution in [3.05, 3.63) is 70.1 Å². The number of benzene rings is 1. The highest BCUT2D eigenvalue weighted by Gasteiger charge is 2.17. The summed E-state index contributed by atoms with van der Waals surface area (Å²) in [7, 11) is -3.98. The summed E-state index contributed by atoms with van der Waals surface area (Å²) in [6, 6.07) is 6.99. The van der Waals surface area contributed by atoms with Gasteiger partial charge in [0.05, 0.1) is 18.4 Å². The first kappa shape index (κ1) is 18.2. The molecule has 1 heterocycles. The molecule has 1 atom stereocenters. The Hall–Kier alpha value is -2.10. The molecular weight excluding hydrogens is 342 g/mol. The molecule has 0 aliphatic heterocycles. The van der Waals surface area contributed by atoms with Crippen molar-refractivity contribution in [3.8, 4) is 0 Å². The van der Waals surface area contributed by atoms with Crippen LogP contribution in [0.4, 0.5) is 8.78 Å². The lowest BCUT2D eigenvalue weighted by molar-refractivity contribution is 0.156. The molecule has 2 aromatic rings. The van der Waals surface area contributed by atoms with Gasteiger partial charge in [-0.25, -0.2) is 21.9 Å². The fraction of sp³-hybridized carbons (Fsp3) is 0.267. The predicted molar refractivity (Wildman–Crippen MR) is 83.7 cm³/mol. The van der Waals surface area contributed by atoms with Crippen LogP contribution in [0.1, 0.15) is 5.56 Å². The number of hydrogen-bond acceptors (Lipinski definition) is 4. The predicted octanol–water partition coefficient (Wildman–Crippen LogP) is 0.607. The first-order valence-corrected chi connectivity index (χ1v) is 8.67. The van der Waals surface area contributed by atoms with Gasteiger partial charge in [-0.2, -0.15) is 0 Å². The Morgan fingerprint density at radius 3 is 2.67 bits per heavy atom. The molecule has 0 fully saturated rings. The first-order chi connectivity index (χ1) is 11.3. The Balaban J connectivity index is 1.96. The van der Waals surface area contributed by atoms with Gasteiger partial charge in [0.15, 0.2) is 0 Å². The number of pyridine rings is 1. The molecule has 0 radical (unpaired) electrons. The molecule has 130 valence electrons. The molecule has 0 bridgehead atoms. The van der Waals surface area contributed by atoms with Crippen LogP contribution in [0.2, 0.25) is 0 Å². The van der Waals surface area contributed by atoms with Crippen LogP contribution in [0.15, 0.2) is 47.4 Å². The van der Waals surface area contributed by atoms with Gasteiger partial charge in [0, 0.05) is 24.4 Å². The molecule has 0 amide bonds. The van der Waals surface area contributed by atoms with Crippen molar-refractivity contribution < 1.29 is 22.3 Å². The number of rotatable bonds is 7. The van der Waals surface area contributed by atoms with Crippen LogP contribution in [-0.2, 0) is 22.3 Å². The molecule has 0 saturated carbocycles. The van der Waals surface area contributed by atoms with Crippen molar-refractivity contribution in [3.63, 3.8) is 0 Å². The van der Waals surface area contributed by atoms with E-state index in [1.54, 1.807) is 12.1 Å². The maximum Gasteiger partial charge on any atom is 0.250 e.